The van der Waals surface area contributed by atoms with Crippen LogP contribution in [0.3, 0.4) is 0 Å². The first-order valence-electron chi connectivity index (χ1n) is 7.81. The number of hydrogen-bond acceptors (Lipinski definition) is 3. The van der Waals surface area contributed by atoms with E-state index in [2.05, 4.69) is 31.8 Å². The molecule has 3 heteroatoms. The Balaban J connectivity index is 2.44. The van der Waals surface area contributed by atoms with Crippen molar-refractivity contribution in [3.8, 4) is 11.5 Å². The molecule has 0 saturated heterocycles. The number of rotatable bonds is 11. The van der Waals surface area contributed by atoms with E-state index < -0.39 is 0 Å². The first-order chi connectivity index (χ1) is 10.2. The summed E-state index contributed by atoms with van der Waals surface area (Å²) in [6.07, 6.45) is 6.47. The van der Waals surface area contributed by atoms with Gasteiger partial charge in [-0.1, -0.05) is 26.0 Å². The molecule has 0 spiro atoms. The quantitative estimate of drug-likeness (QED) is 0.486. The Morgan fingerprint density at radius 2 is 2.00 bits per heavy atom. The van der Waals surface area contributed by atoms with Gasteiger partial charge in [-0.25, -0.2) is 0 Å². The fourth-order valence-electron chi connectivity index (χ4n) is 2.01. The molecule has 1 N–H and O–H groups in total. The molecule has 0 atom stereocenters. The highest BCUT2D eigenvalue weighted by atomic mass is 16.5. The number of hydrogen-bond donors (Lipinski definition) is 1. The molecule has 1 rings (SSSR count). The van der Waals surface area contributed by atoms with Crippen LogP contribution in [0.25, 0.3) is 0 Å². The van der Waals surface area contributed by atoms with Gasteiger partial charge in [0.05, 0.1) is 13.7 Å². The number of benzene rings is 1. The molecule has 118 valence electrons. The third kappa shape index (κ3) is 7.19. The van der Waals surface area contributed by atoms with Crippen molar-refractivity contribution < 1.29 is 9.47 Å². The molecule has 0 radical (unpaired) electrons. The smallest absolute Gasteiger partial charge is 0.161 e. The van der Waals surface area contributed by atoms with Crippen molar-refractivity contribution in [3.63, 3.8) is 0 Å². The Morgan fingerprint density at radius 3 is 2.67 bits per heavy atom. The van der Waals surface area contributed by atoms with Crippen LogP contribution in [0.5, 0.6) is 11.5 Å². The molecule has 0 aromatic heterocycles. The van der Waals surface area contributed by atoms with Gasteiger partial charge >= 0.3 is 0 Å². The highest BCUT2D eigenvalue weighted by molar-refractivity contribution is 5.42. The monoisotopic (exact) mass is 291 g/mol. The third-order valence-electron chi connectivity index (χ3n) is 3.25. The van der Waals surface area contributed by atoms with Crippen LogP contribution in [-0.2, 0) is 6.54 Å². The zero-order valence-electron chi connectivity index (χ0n) is 13.7. The molecule has 1 aromatic rings. The Kier molecular flexibility index (Phi) is 8.60. The standard InChI is InChI=1S/C18H29NO2/c1-5-6-7-8-9-12-21-17-11-10-16(13-18(17)20-4)14-19-15(2)3/h5,10-11,13,15,19H,1,6-9,12,14H2,2-4H3. The number of unbranched alkanes of at least 4 members (excludes halogenated alkanes) is 3. The Bertz CT molecular complexity index is 416. The maximum Gasteiger partial charge on any atom is 0.161 e. The molecular weight excluding hydrogens is 262 g/mol. The summed E-state index contributed by atoms with van der Waals surface area (Å²) in [4.78, 5) is 0. The molecule has 1 aromatic carbocycles. The Labute approximate surface area is 129 Å². The summed E-state index contributed by atoms with van der Waals surface area (Å²) in [5.74, 6) is 1.64. The van der Waals surface area contributed by atoms with Gasteiger partial charge in [-0.3, -0.25) is 0 Å². The second-order valence-electron chi connectivity index (χ2n) is 5.51. The topological polar surface area (TPSA) is 30.5 Å². The number of methoxy groups -OCH3 is 1. The molecule has 0 unspecified atom stereocenters. The maximum atomic E-state index is 5.82. The van der Waals surface area contributed by atoms with Crippen molar-refractivity contribution in [1.82, 2.24) is 5.32 Å². The van der Waals surface area contributed by atoms with E-state index in [1.54, 1.807) is 7.11 Å². The number of ether oxygens (including phenoxy) is 2. The lowest BCUT2D eigenvalue weighted by atomic mass is 10.2. The van der Waals surface area contributed by atoms with E-state index in [0.29, 0.717) is 6.04 Å². The zero-order valence-corrected chi connectivity index (χ0v) is 13.7. The van der Waals surface area contributed by atoms with E-state index in [9.17, 15) is 0 Å². The number of nitrogens with one attached hydrogen (secondary N) is 1. The van der Waals surface area contributed by atoms with Crippen LogP contribution in [0.4, 0.5) is 0 Å². The van der Waals surface area contributed by atoms with Crippen LogP contribution in [0.1, 0.15) is 45.1 Å². The second kappa shape index (κ2) is 10.3. The van der Waals surface area contributed by atoms with Crippen molar-refractivity contribution in [3.05, 3.63) is 36.4 Å². The van der Waals surface area contributed by atoms with Gasteiger partial charge in [-0.2, -0.15) is 0 Å². The van der Waals surface area contributed by atoms with Gasteiger partial charge in [0.25, 0.3) is 0 Å². The molecule has 0 aliphatic rings. The van der Waals surface area contributed by atoms with Crippen LogP contribution in [0, 0.1) is 0 Å². The fraction of sp³-hybridized carbons (Fsp3) is 0.556. The Hall–Kier alpha value is -1.48. The fourth-order valence-corrected chi connectivity index (χ4v) is 2.01. The van der Waals surface area contributed by atoms with Gasteiger partial charge in [-0.15, -0.1) is 6.58 Å². The Morgan fingerprint density at radius 1 is 1.19 bits per heavy atom. The van der Waals surface area contributed by atoms with Crippen molar-refractivity contribution in [2.45, 2.75) is 52.1 Å². The average molecular weight is 291 g/mol. The molecule has 0 bridgehead atoms. The van der Waals surface area contributed by atoms with E-state index in [1.807, 2.05) is 18.2 Å². The second-order valence-corrected chi connectivity index (χ2v) is 5.51. The molecule has 0 fully saturated rings. The van der Waals surface area contributed by atoms with Crippen molar-refractivity contribution in [1.29, 1.82) is 0 Å². The van der Waals surface area contributed by atoms with Crippen LogP contribution < -0.4 is 14.8 Å². The maximum absolute atomic E-state index is 5.82. The minimum Gasteiger partial charge on any atom is -0.493 e. The van der Waals surface area contributed by atoms with Crippen molar-refractivity contribution in [2.75, 3.05) is 13.7 Å². The molecule has 0 aliphatic carbocycles. The normalized spacial score (nSPS) is 10.7. The van der Waals surface area contributed by atoms with E-state index in [1.165, 1.54) is 18.4 Å². The molecule has 0 aliphatic heterocycles. The van der Waals surface area contributed by atoms with Crippen LogP contribution in [-0.4, -0.2) is 19.8 Å². The minimum atomic E-state index is 0.475. The molecule has 0 amide bonds. The van der Waals surface area contributed by atoms with Gasteiger partial charge in [0.2, 0.25) is 0 Å². The summed E-state index contributed by atoms with van der Waals surface area (Å²) in [5.41, 5.74) is 1.21. The SMILES string of the molecule is C=CCCCCCOc1ccc(CNC(C)C)cc1OC. The van der Waals surface area contributed by atoms with E-state index >= 15 is 0 Å². The molecule has 0 heterocycles. The van der Waals surface area contributed by atoms with E-state index in [4.69, 9.17) is 9.47 Å². The summed E-state index contributed by atoms with van der Waals surface area (Å²) in [6, 6.07) is 6.61. The van der Waals surface area contributed by atoms with Crippen molar-refractivity contribution >= 4 is 0 Å². The van der Waals surface area contributed by atoms with Gasteiger partial charge in [0, 0.05) is 12.6 Å². The highest BCUT2D eigenvalue weighted by Gasteiger charge is 2.06. The summed E-state index contributed by atoms with van der Waals surface area (Å²) in [6.45, 7) is 9.59. The third-order valence-corrected chi connectivity index (χ3v) is 3.25. The first-order valence-corrected chi connectivity index (χ1v) is 7.81. The molecular formula is C18H29NO2. The summed E-state index contributed by atoms with van der Waals surface area (Å²) in [5, 5.41) is 3.40. The molecule has 21 heavy (non-hydrogen) atoms. The van der Waals surface area contributed by atoms with Gasteiger partial charge in [0.1, 0.15) is 0 Å². The van der Waals surface area contributed by atoms with Crippen LogP contribution in [0.15, 0.2) is 30.9 Å². The molecule has 3 nitrogen and oxygen atoms in total. The zero-order chi connectivity index (χ0) is 15.5. The summed E-state index contributed by atoms with van der Waals surface area (Å²) in [7, 11) is 1.69. The summed E-state index contributed by atoms with van der Waals surface area (Å²) < 4.78 is 11.2. The predicted molar refractivity (Wildman–Crippen MR) is 89.1 cm³/mol. The van der Waals surface area contributed by atoms with Crippen LogP contribution >= 0.6 is 0 Å². The lowest BCUT2D eigenvalue weighted by molar-refractivity contribution is 0.285. The van der Waals surface area contributed by atoms with Gasteiger partial charge < -0.3 is 14.8 Å². The van der Waals surface area contributed by atoms with Crippen LogP contribution in [0.2, 0.25) is 0 Å². The average Bonchev–Trinajstić information content (AvgIpc) is 2.49. The minimum absolute atomic E-state index is 0.475. The highest BCUT2D eigenvalue weighted by Crippen LogP contribution is 2.28. The van der Waals surface area contributed by atoms with Crippen molar-refractivity contribution in [2.24, 2.45) is 0 Å². The lowest BCUT2D eigenvalue weighted by Gasteiger charge is -2.13. The lowest BCUT2D eigenvalue weighted by Crippen LogP contribution is -2.21. The first kappa shape index (κ1) is 17.6. The van der Waals surface area contributed by atoms with Gasteiger partial charge in [0.15, 0.2) is 11.5 Å². The molecule has 0 saturated carbocycles. The van der Waals surface area contributed by atoms with E-state index in [-0.39, 0.29) is 0 Å². The predicted octanol–water partition coefficient (Wildman–Crippen LogP) is 4.32. The largest absolute Gasteiger partial charge is 0.493 e. The van der Waals surface area contributed by atoms with Gasteiger partial charge in [-0.05, 0) is 43.4 Å². The summed E-state index contributed by atoms with van der Waals surface area (Å²) >= 11 is 0. The number of allylic oxidation sites excluding steroid dienone is 1. The van der Waals surface area contributed by atoms with E-state index in [0.717, 1.165) is 37.5 Å².